The number of aliphatic imine (C=N–C) groups is 1. The zero-order valence-corrected chi connectivity index (χ0v) is 15.1. The molecule has 0 unspecified atom stereocenters. The van der Waals surface area contributed by atoms with Crippen molar-refractivity contribution in [2.75, 3.05) is 17.7 Å². The summed E-state index contributed by atoms with van der Waals surface area (Å²) in [6, 6.07) is 9.90. The summed E-state index contributed by atoms with van der Waals surface area (Å²) >= 11 is 1.50. The van der Waals surface area contributed by atoms with E-state index in [1.54, 1.807) is 23.7 Å². The number of benzene rings is 2. The minimum absolute atomic E-state index is 0.0591. The lowest BCUT2D eigenvalue weighted by molar-refractivity contribution is -0.115. The quantitative estimate of drug-likeness (QED) is 0.710. The zero-order chi connectivity index (χ0) is 18.8. The van der Waals surface area contributed by atoms with Gasteiger partial charge in [0.15, 0.2) is 22.9 Å². The highest BCUT2D eigenvalue weighted by Gasteiger charge is 2.28. The molecule has 8 heteroatoms. The molecule has 6 nitrogen and oxygen atoms in total. The van der Waals surface area contributed by atoms with Gasteiger partial charge < -0.3 is 10.1 Å². The van der Waals surface area contributed by atoms with Gasteiger partial charge in [0.2, 0.25) is 11.6 Å². The fraction of sp³-hybridized carbons (Fsp3) is 0.105. The second-order valence-electron chi connectivity index (χ2n) is 5.88. The smallest absolute Gasteiger partial charge is 0.348 e. The number of carbonyl (C=O) groups excluding carboxylic acids is 1. The molecule has 1 aliphatic heterocycles. The maximum atomic E-state index is 13.7. The van der Waals surface area contributed by atoms with Crippen LogP contribution in [0.4, 0.5) is 21.5 Å². The molecular formula is C19H15FN4O2S+. The van der Waals surface area contributed by atoms with E-state index in [1.165, 1.54) is 30.6 Å². The number of halogens is 1. The topological polar surface area (TPSA) is 77.3 Å². The number of rotatable bonds is 5. The number of anilines is 2. The van der Waals surface area contributed by atoms with Gasteiger partial charge >= 0.3 is 5.84 Å². The number of amidine groups is 1. The van der Waals surface area contributed by atoms with Crippen molar-refractivity contribution in [1.82, 2.24) is 9.98 Å². The van der Waals surface area contributed by atoms with Crippen molar-refractivity contribution in [1.29, 1.82) is 0 Å². The van der Waals surface area contributed by atoms with E-state index < -0.39 is 5.82 Å². The van der Waals surface area contributed by atoms with Crippen LogP contribution in [0.15, 0.2) is 47.3 Å². The lowest BCUT2D eigenvalue weighted by Crippen LogP contribution is -2.14. The van der Waals surface area contributed by atoms with Crippen LogP contribution in [0.3, 0.4) is 0 Å². The highest BCUT2D eigenvalue weighted by molar-refractivity contribution is 7.07. The minimum atomic E-state index is -0.490. The first-order valence-electron chi connectivity index (χ1n) is 8.13. The maximum Gasteiger partial charge on any atom is 0.348 e. The average molecular weight is 382 g/mol. The number of hydrogen-bond acceptors (Lipinski definition) is 6. The van der Waals surface area contributed by atoms with Crippen molar-refractivity contribution < 1.29 is 13.9 Å². The molecule has 1 aliphatic rings. The van der Waals surface area contributed by atoms with Crippen LogP contribution in [-0.4, -0.2) is 23.8 Å². The van der Waals surface area contributed by atoms with Crippen molar-refractivity contribution in [3.63, 3.8) is 0 Å². The van der Waals surface area contributed by atoms with E-state index in [4.69, 9.17) is 4.74 Å². The predicted octanol–water partition coefficient (Wildman–Crippen LogP) is 3.31. The van der Waals surface area contributed by atoms with Crippen molar-refractivity contribution in [3.05, 3.63) is 64.4 Å². The van der Waals surface area contributed by atoms with E-state index in [1.807, 2.05) is 11.4 Å². The molecule has 1 radical (unpaired) electrons. The normalized spacial score (nSPS) is 12.1. The molecular weight excluding hydrogens is 367 g/mol. The molecule has 4 rings (SSSR count). The van der Waals surface area contributed by atoms with Gasteiger partial charge in [-0.15, -0.1) is 11.3 Å². The van der Waals surface area contributed by atoms with Crippen LogP contribution in [0.1, 0.15) is 11.3 Å². The summed E-state index contributed by atoms with van der Waals surface area (Å²) in [4.78, 5) is 21.0. The highest BCUT2D eigenvalue weighted by atomic mass is 32.1. The van der Waals surface area contributed by atoms with Gasteiger partial charge in [0.25, 0.3) is 0 Å². The molecule has 2 heterocycles. The van der Waals surface area contributed by atoms with Gasteiger partial charge in [0, 0.05) is 17.1 Å². The van der Waals surface area contributed by atoms with Crippen molar-refractivity contribution in [3.8, 4) is 5.75 Å². The third-order valence-corrected chi connectivity index (χ3v) is 4.61. The van der Waals surface area contributed by atoms with Gasteiger partial charge in [0.05, 0.1) is 19.0 Å². The second kappa shape index (κ2) is 7.16. The molecule has 3 aromatic rings. The Kier molecular flexibility index (Phi) is 4.55. The molecule has 0 bridgehead atoms. The summed E-state index contributed by atoms with van der Waals surface area (Å²) in [7, 11) is 1.40. The van der Waals surface area contributed by atoms with Crippen LogP contribution in [0.25, 0.3) is 0 Å². The van der Waals surface area contributed by atoms with Crippen LogP contribution < -0.4 is 20.4 Å². The minimum Gasteiger partial charge on any atom is -0.494 e. The molecule has 0 saturated carbocycles. The molecule has 0 fully saturated rings. The lowest BCUT2D eigenvalue weighted by Gasteiger charge is -2.07. The number of nitrogens with zero attached hydrogens (tertiary/aromatic N) is 2. The monoisotopic (exact) mass is 382 g/mol. The number of fused-ring (bicyclic) bond motifs is 1. The second-order valence-corrected chi connectivity index (χ2v) is 6.60. The van der Waals surface area contributed by atoms with Crippen LogP contribution in [0.5, 0.6) is 5.75 Å². The third-order valence-electron chi connectivity index (χ3n) is 4.02. The van der Waals surface area contributed by atoms with Crippen LogP contribution >= 0.6 is 11.3 Å². The van der Waals surface area contributed by atoms with E-state index >= 15 is 0 Å². The maximum absolute atomic E-state index is 13.7. The number of thiazole rings is 1. The number of hydrogen-bond donors (Lipinski definition) is 2. The van der Waals surface area contributed by atoms with Crippen molar-refractivity contribution >= 4 is 40.1 Å². The van der Waals surface area contributed by atoms with Gasteiger partial charge in [-0.3, -0.25) is 4.79 Å². The molecule has 1 aromatic heterocycles. The van der Waals surface area contributed by atoms with E-state index in [0.29, 0.717) is 17.1 Å². The molecule has 27 heavy (non-hydrogen) atoms. The molecule has 0 atom stereocenters. The first-order valence-corrected chi connectivity index (χ1v) is 9.07. The Bertz CT molecular complexity index is 1030. The summed E-state index contributed by atoms with van der Waals surface area (Å²) < 4.78 is 18.6. The van der Waals surface area contributed by atoms with Crippen LogP contribution in [-0.2, 0) is 11.2 Å². The Morgan fingerprint density at radius 2 is 2.22 bits per heavy atom. The fourth-order valence-corrected chi connectivity index (χ4v) is 3.28. The van der Waals surface area contributed by atoms with Gasteiger partial charge in [-0.05, 0) is 34.8 Å². The first-order chi connectivity index (χ1) is 13.1. The van der Waals surface area contributed by atoms with Gasteiger partial charge in [-0.25, -0.2) is 14.7 Å². The Morgan fingerprint density at radius 1 is 1.33 bits per heavy atom. The van der Waals surface area contributed by atoms with Gasteiger partial charge in [-0.1, -0.05) is 6.07 Å². The summed E-state index contributed by atoms with van der Waals surface area (Å²) in [6.45, 7) is 0. The number of ether oxygens (including phenoxy) is 1. The van der Waals surface area contributed by atoms with Crippen LogP contribution in [0, 0.1) is 5.82 Å². The largest absolute Gasteiger partial charge is 0.494 e. The van der Waals surface area contributed by atoms with Gasteiger partial charge in [-0.2, -0.15) is 0 Å². The summed E-state index contributed by atoms with van der Waals surface area (Å²) in [5.41, 5.74) is 5.30. The molecule has 0 spiro atoms. The van der Waals surface area contributed by atoms with Gasteiger partial charge in [0.1, 0.15) is 0 Å². The SMILES string of the molecule is COc1ccc(CC(=O)Nc2ccc3c(c2)[N+]=C(c2cscn2)N3)cc1F. The van der Waals surface area contributed by atoms with E-state index in [-0.39, 0.29) is 18.1 Å². The standard InChI is InChI=1S/C19H15FN4O2S/c1-26-17-5-2-11(6-13(17)20)7-18(25)22-12-3-4-14-15(8-12)24-19(23-14)16-9-27-10-21-16/h2-6,8-10,23H,7H2,1H3,(H,22,25)/q+1. The lowest BCUT2D eigenvalue weighted by atomic mass is 10.1. The number of amides is 1. The zero-order valence-electron chi connectivity index (χ0n) is 14.3. The predicted molar refractivity (Wildman–Crippen MR) is 103 cm³/mol. The van der Waals surface area contributed by atoms with E-state index in [2.05, 4.69) is 20.6 Å². The molecule has 0 aliphatic carbocycles. The molecule has 135 valence electrons. The Morgan fingerprint density at radius 3 is 2.96 bits per heavy atom. The number of carbonyl (C=O) groups is 1. The fourth-order valence-electron chi connectivity index (χ4n) is 2.74. The Labute approximate surface area is 158 Å². The third kappa shape index (κ3) is 3.65. The average Bonchev–Trinajstić information content (AvgIpc) is 3.31. The molecule has 2 N–H and O–H groups in total. The summed E-state index contributed by atoms with van der Waals surface area (Å²) in [5.74, 6) is 0.104. The molecule has 1 amide bonds. The number of aromatic nitrogens is 1. The molecule has 0 saturated heterocycles. The van der Waals surface area contributed by atoms with Crippen LogP contribution in [0.2, 0.25) is 0 Å². The van der Waals surface area contributed by atoms with Crippen molar-refractivity contribution in [2.24, 2.45) is 0 Å². The number of nitrogens with one attached hydrogen (secondary N) is 2. The Balaban J connectivity index is 1.45. The number of methoxy groups -OCH3 is 1. The van der Waals surface area contributed by atoms with E-state index in [0.717, 1.165) is 17.1 Å². The van der Waals surface area contributed by atoms with E-state index in [9.17, 15) is 9.18 Å². The summed E-state index contributed by atoms with van der Waals surface area (Å²) in [5, 5.41) is 7.93. The first kappa shape index (κ1) is 17.2. The molecule has 2 aromatic carbocycles. The van der Waals surface area contributed by atoms with Crippen molar-refractivity contribution in [2.45, 2.75) is 6.42 Å². The summed E-state index contributed by atoms with van der Waals surface area (Å²) in [6.07, 6.45) is 0.0591. The Hall–Kier alpha value is -3.26. The highest BCUT2D eigenvalue weighted by Crippen LogP contribution is 2.29.